The number of halogens is 1. The molecular formula is C13H17ClN4. The number of nitrogens with zero attached hydrogens (tertiary/aromatic N) is 4. The molecule has 0 aromatic carbocycles. The van der Waals surface area contributed by atoms with E-state index in [9.17, 15) is 0 Å². The van der Waals surface area contributed by atoms with E-state index in [1.54, 1.807) is 0 Å². The predicted molar refractivity (Wildman–Crippen MR) is 73.3 cm³/mol. The van der Waals surface area contributed by atoms with Crippen LogP contribution in [0.4, 0.5) is 5.82 Å². The fourth-order valence-electron chi connectivity index (χ4n) is 2.45. The number of alkyl halides is 1. The Balaban J connectivity index is 1.94. The summed E-state index contributed by atoms with van der Waals surface area (Å²) in [6.07, 6.45) is 10.4. The maximum Gasteiger partial charge on any atom is 0.154 e. The average Bonchev–Trinajstić information content (AvgIpc) is 2.80. The summed E-state index contributed by atoms with van der Waals surface area (Å²) in [5.74, 6) is 1.75. The lowest BCUT2D eigenvalue weighted by Crippen LogP contribution is -2.41. The van der Waals surface area contributed by atoms with E-state index >= 15 is 0 Å². The summed E-state index contributed by atoms with van der Waals surface area (Å²) >= 11 is 5.83. The number of hydrogen-bond acceptors (Lipinski definition) is 3. The van der Waals surface area contributed by atoms with Crippen molar-refractivity contribution in [1.82, 2.24) is 14.6 Å². The molecular weight excluding hydrogens is 248 g/mol. The lowest BCUT2D eigenvalue weighted by Gasteiger charge is -2.38. The minimum Gasteiger partial charge on any atom is -0.352 e. The van der Waals surface area contributed by atoms with Gasteiger partial charge in [0.15, 0.2) is 5.82 Å². The van der Waals surface area contributed by atoms with Gasteiger partial charge in [-0.1, -0.05) is 0 Å². The molecule has 1 aliphatic rings. The zero-order valence-electron chi connectivity index (χ0n) is 10.3. The Bertz CT molecular complexity index is 520. The molecule has 5 heteroatoms. The second kappa shape index (κ2) is 5.14. The number of hydrogen-bond donors (Lipinski definition) is 0. The van der Waals surface area contributed by atoms with Crippen LogP contribution in [0.25, 0.3) is 5.52 Å². The highest BCUT2D eigenvalue weighted by molar-refractivity contribution is 6.17. The Labute approximate surface area is 112 Å². The van der Waals surface area contributed by atoms with E-state index in [0.717, 1.165) is 24.3 Å². The summed E-state index contributed by atoms with van der Waals surface area (Å²) in [5.41, 5.74) is 1.08. The molecule has 0 atom stereocenters. The van der Waals surface area contributed by atoms with Crippen molar-refractivity contribution in [1.29, 1.82) is 0 Å². The molecule has 3 rings (SSSR count). The first-order valence-corrected chi connectivity index (χ1v) is 7.04. The molecule has 0 bridgehead atoms. The van der Waals surface area contributed by atoms with Crippen LogP contribution in [0.15, 0.2) is 24.7 Å². The predicted octanol–water partition coefficient (Wildman–Crippen LogP) is 2.72. The van der Waals surface area contributed by atoms with Gasteiger partial charge in [-0.05, 0) is 31.7 Å². The Morgan fingerprint density at radius 1 is 1.39 bits per heavy atom. The number of fused-ring (bicyclic) bond motifs is 1. The van der Waals surface area contributed by atoms with Crippen molar-refractivity contribution in [3.05, 3.63) is 24.7 Å². The first-order chi connectivity index (χ1) is 8.90. The first-order valence-electron chi connectivity index (χ1n) is 6.51. The van der Waals surface area contributed by atoms with Crippen LogP contribution >= 0.6 is 11.6 Å². The second-order valence-corrected chi connectivity index (χ2v) is 5.11. The van der Waals surface area contributed by atoms with Crippen molar-refractivity contribution in [2.24, 2.45) is 0 Å². The normalized spacial score (nSPS) is 15.8. The Kier molecular flexibility index (Phi) is 3.37. The molecule has 2 heterocycles. The van der Waals surface area contributed by atoms with E-state index in [1.165, 1.54) is 19.3 Å². The Hall–Kier alpha value is -1.29. The molecule has 2 aromatic heterocycles. The fraction of sp³-hybridized carbons (Fsp3) is 0.538. The van der Waals surface area contributed by atoms with E-state index in [4.69, 9.17) is 11.6 Å². The highest BCUT2D eigenvalue weighted by Crippen LogP contribution is 2.30. The molecule has 4 nitrogen and oxygen atoms in total. The van der Waals surface area contributed by atoms with Crippen molar-refractivity contribution in [2.75, 3.05) is 17.3 Å². The topological polar surface area (TPSA) is 33.4 Å². The highest BCUT2D eigenvalue weighted by atomic mass is 35.5. The number of anilines is 1. The first kappa shape index (κ1) is 11.8. The molecule has 0 aliphatic heterocycles. The molecule has 1 aliphatic carbocycles. The van der Waals surface area contributed by atoms with Crippen molar-refractivity contribution >= 4 is 22.9 Å². The molecule has 1 fully saturated rings. The third-order valence-corrected chi connectivity index (χ3v) is 3.89. The van der Waals surface area contributed by atoms with E-state index in [0.29, 0.717) is 11.9 Å². The molecule has 0 saturated heterocycles. The van der Waals surface area contributed by atoms with Gasteiger partial charge in [-0.3, -0.25) is 0 Å². The van der Waals surface area contributed by atoms with Gasteiger partial charge in [-0.15, -0.1) is 11.6 Å². The highest BCUT2D eigenvalue weighted by Gasteiger charge is 2.26. The van der Waals surface area contributed by atoms with Crippen LogP contribution in [-0.2, 0) is 0 Å². The average molecular weight is 265 g/mol. The van der Waals surface area contributed by atoms with Crippen LogP contribution in [-0.4, -0.2) is 33.1 Å². The maximum atomic E-state index is 5.83. The summed E-state index contributed by atoms with van der Waals surface area (Å²) in [5, 5.41) is 4.27. The maximum absolute atomic E-state index is 5.83. The SMILES string of the molecule is ClCCCN(c1nccn2nccc12)C1CCC1. The van der Waals surface area contributed by atoms with Gasteiger partial charge in [0.2, 0.25) is 0 Å². The molecule has 0 unspecified atom stereocenters. The van der Waals surface area contributed by atoms with Gasteiger partial charge in [-0.2, -0.15) is 5.10 Å². The van der Waals surface area contributed by atoms with Gasteiger partial charge in [0.25, 0.3) is 0 Å². The van der Waals surface area contributed by atoms with Crippen LogP contribution in [0.3, 0.4) is 0 Å². The largest absolute Gasteiger partial charge is 0.352 e. The van der Waals surface area contributed by atoms with Gasteiger partial charge < -0.3 is 4.90 Å². The van der Waals surface area contributed by atoms with Gasteiger partial charge in [0.05, 0.1) is 6.20 Å². The van der Waals surface area contributed by atoms with E-state index in [2.05, 4.69) is 15.0 Å². The van der Waals surface area contributed by atoms with Gasteiger partial charge in [0.1, 0.15) is 5.52 Å². The van der Waals surface area contributed by atoms with Crippen LogP contribution in [0.1, 0.15) is 25.7 Å². The van der Waals surface area contributed by atoms with Crippen molar-refractivity contribution < 1.29 is 0 Å². The van der Waals surface area contributed by atoms with Gasteiger partial charge in [-0.25, -0.2) is 9.50 Å². The standard InChI is InChI=1S/C13H17ClN4/c14-6-2-9-17(11-3-1-4-11)13-12-5-7-16-18(12)10-8-15-13/h5,7-8,10-11H,1-4,6,9H2. The lowest BCUT2D eigenvalue weighted by atomic mass is 9.91. The zero-order chi connectivity index (χ0) is 12.4. The minimum atomic E-state index is 0.627. The lowest BCUT2D eigenvalue weighted by molar-refractivity contribution is 0.384. The molecule has 2 aromatic rings. The zero-order valence-corrected chi connectivity index (χ0v) is 11.1. The molecule has 1 saturated carbocycles. The molecule has 0 N–H and O–H groups in total. The monoisotopic (exact) mass is 264 g/mol. The summed E-state index contributed by atoms with van der Waals surface area (Å²) in [7, 11) is 0. The minimum absolute atomic E-state index is 0.627. The second-order valence-electron chi connectivity index (χ2n) is 4.73. The van der Waals surface area contributed by atoms with Crippen molar-refractivity contribution in [2.45, 2.75) is 31.7 Å². The molecule has 96 valence electrons. The van der Waals surface area contributed by atoms with Crippen molar-refractivity contribution in [3.8, 4) is 0 Å². The summed E-state index contributed by atoms with van der Waals surface area (Å²) in [4.78, 5) is 6.96. The Morgan fingerprint density at radius 3 is 3.00 bits per heavy atom. The molecule has 0 spiro atoms. The quantitative estimate of drug-likeness (QED) is 0.779. The van der Waals surface area contributed by atoms with E-state index < -0.39 is 0 Å². The van der Waals surface area contributed by atoms with Crippen LogP contribution < -0.4 is 4.90 Å². The van der Waals surface area contributed by atoms with Crippen LogP contribution in [0, 0.1) is 0 Å². The van der Waals surface area contributed by atoms with E-state index in [-0.39, 0.29) is 0 Å². The van der Waals surface area contributed by atoms with Crippen LogP contribution in [0.2, 0.25) is 0 Å². The van der Waals surface area contributed by atoms with Gasteiger partial charge in [0, 0.05) is 30.9 Å². The van der Waals surface area contributed by atoms with Crippen LogP contribution in [0.5, 0.6) is 0 Å². The summed E-state index contributed by atoms with van der Waals surface area (Å²) in [6.45, 7) is 0.978. The fourth-order valence-corrected chi connectivity index (χ4v) is 2.57. The van der Waals surface area contributed by atoms with E-state index in [1.807, 2.05) is 29.2 Å². The van der Waals surface area contributed by atoms with Gasteiger partial charge >= 0.3 is 0 Å². The Morgan fingerprint density at radius 2 is 2.28 bits per heavy atom. The summed E-state index contributed by atoms with van der Waals surface area (Å²) in [6, 6.07) is 2.65. The third kappa shape index (κ3) is 2.05. The smallest absolute Gasteiger partial charge is 0.154 e. The summed E-state index contributed by atoms with van der Waals surface area (Å²) < 4.78 is 1.88. The molecule has 0 radical (unpaired) electrons. The number of rotatable bonds is 5. The third-order valence-electron chi connectivity index (χ3n) is 3.62. The van der Waals surface area contributed by atoms with Crippen molar-refractivity contribution in [3.63, 3.8) is 0 Å². The molecule has 0 amide bonds. The number of aromatic nitrogens is 3. The molecule has 18 heavy (non-hydrogen) atoms.